The number of carbonyl (C=O) groups is 1. The molecule has 1 fully saturated rings. The van der Waals surface area contributed by atoms with Gasteiger partial charge in [-0.05, 0) is 44.9 Å². The predicted molar refractivity (Wildman–Crippen MR) is 103 cm³/mol. The van der Waals surface area contributed by atoms with Gasteiger partial charge in [-0.3, -0.25) is 4.79 Å². The third-order valence-electron chi connectivity index (χ3n) is 4.93. The minimum absolute atomic E-state index is 0.0313. The molecule has 1 aliphatic heterocycles. The Hall–Kier alpha value is -2.26. The summed E-state index contributed by atoms with van der Waals surface area (Å²) in [6.45, 7) is 4.78. The maximum atomic E-state index is 12.3. The number of carbonyl (C=O) groups excluding carboxylic acids is 1. The van der Waals surface area contributed by atoms with Gasteiger partial charge in [0, 0.05) is 19.1 Å². The van der Waals surface area contributed by atoms with Gasteiger partial charge in [0.15, 0.2) is 15.7 Å². The van der Waals surface area contributed by atoms with Crippen molar-refractivity contribution < 1.29 is 17.7 Å². The van der Waals surface area contributed by atoms with Gasteiger partial charge in [-0.1, -0.05) is 29.8 Å². The molecule has 1 aromatic heterocycles. The number of likely N-dealkylation sites (tertiary alicyclic amines) is 1. The minimum Gasteiger partial charge on any atom is -0.348 e. The monoisotopic (exact) mass is 406 g/mol. The maximum Gasteiger partial charge on any atom is 0.315 e. The molecule has 0 spiro atoms. The van der Waals surface area contributed by atoms with Crippen LogP contribution in [0.2, 0.25) is 0 Å². The summed E-state index contributed by atoms with van der Waals surface area (Å²) in [6.07, 6.45) is 4.57. The molecule has 2 aromatic rings. The Labute approximate surface area is 165 Å². The van der Waals surface area contributed by atoms with Crippen molar-refractivity contribution in [3.05, 3.63) is 42.0 Å². The van der Waals surface area contributed by atoms with Gasteiger partial charge >= 0.3 is 11.8 Å². The normalized spacial score (nSPS) is 18.1. The first-order valence-electron chi connectivity index (χ1n) is 9.58. The third kappa shape index (κ3) is 5.39. The zero-order valence-corrected chi connectivity index (χ0v) is 16.8. The lowest BCUT2D eigenvalue weighted by Gasteiger charge is -2.33. The highest BCUT2D eigenvalue weighted by molar-refractivity contribution is 7.90. The van der Waals surface area contributed by atoms with Crippen molar-refractivity contribution in [2.45, 2.75) is 49.3 Å². The molecule has 1 amide bonds. The van der Waals surface area contributed by atoms with E-state index in [2.05, 4.69) is 27.3 Å². The van der Waals surface area contributed by atoms with E-state index in [0.717, 1.165) is 19.5 Å². The fraction of sp³-hybridized carbons (Fsp3) is 0.526. The molecule has 0 bridgehead atoms. The molecule has 0 radical (unpaired) electrons. The molecule has 0 unspecified atom stereocenters. The molecule has 2 heterocycles. The zero-order valence-electron chi connectivity index (χ0n) is 16.0. The highest BCUT2D eigenvalue weighted by Gasteiger charge is 2.22. The lowest BCUT2D eigenvalue weighted by molar-refractivity contribution is 0.0905. The van der Waals surface area contributed by atoms with Gasteiger partial charge in [0.05, 0.1) is 4.90 Å². The summed E-state index contributed by atoms with van der Waals surface area (Å²) in [7, 11) is -3.59. The van der Waals surface area contributed by atoms with E-state index < -0.39 is 21.5 Å². The summed E-state index contributed by atoms with van der Waals surface area (Å²) in [4.78, 5) is 18.7. The van der Waals surface area contributed by atoms with E-state index >= 15 is 0 Å². The van der Waals surface area contributed by atoms with Crippen LogP contribution < -0.4 is 5.32 Å². The van der Waals surface area contributed by atoms with Crippen molar-refractivity contribution in [3.8, 4) is 0 Å². The standard InChI is InChI=1S/C19H26N4O4S/c1-15-8-5-6-12-23(15)13-7-11-20-18(24)19-21-17(22-27-19)14-28(25,26)16-9-3-2-4-10-16/h2-4,9-10,15H,5-8,11-14H2,1H3,(H,20,24)/t15-/m1/s1. The summed E-state index contributed by atoms with van der Waals surface area (Å²) >= 11 is 0. The van der Waals surface area contributed by atoms with Crippen LogP contribution in [0.4, 0.5) is 0 Å². The number of rotatable bonds is 8. The van der Waals surface area contributed by atoms with E-state index in [0.29, 0.717) is 12.6 Å². The average molecular weight is 407 g/mol. The number of nitrogens with zero attached hydrogens (tertiary/aromatic N) is 3. The van der Waals surface area contributed by atoms with Crippen LogP contribution >= 0.6 is 0 Å². The van der Waals surface area contributed by atoms with Crippen LogP contribution in [0.5, 0.6) is 0 Å². The van der Waals surface area contributed by atoms with Gasteiger partial charge in [0.25, 0.3) is 0 Å². The number of piperidine rings is 1. The van der Waals surface area contributed by atoms with Gasteiger partial charge in [0.2, 0.25) is 0 Å². The van der Waals surface area contributed by atoms with Crippen molar-refractivity contribution in [1.29, 1.82) is 0 Å². The fourth-order valence-corrected chi connectivity index (χ4v) is 4.53. The molecule has 28 heavy (non-hydrogen) atoms. The molecule has 1 aromatic carbocycles. The molecule has 8 nitrogen and oxygen atoms in total. The molecular weight excluding hydrogens is 380 g/mol. The summed E-state index contributed by atoms with van der Waals surface area (Å²) in [6, 6.07) is 8.63. The number of amides is 1. The summed E-state index contributed by atoms with van der Waals surface area (Å²) in [5, 5.41) is 6.38. The van der Waals surface area contributed by atoms with Crippen molar-refractivity contribution >= 4 is 15.7 Å². The predicted octanol–water partition coefficient (Wildman–Crippen LogP) is 2.04. The zero-order chi connectivity index (χ0) is 20.0. The van der Waals surface area contributed by atoms with E-state index in [1.807, 2.05) is 0 Å². The topological polar surface area (TPSA) is 105 Å². The molecule has 1 aliphatic rings. The Morgan fingerprint density at radius 1 is 1.29 bits per heavy atom. The number of sulfone groups is 1. The van der Waals surface area contributed by atoms with Crippen LogP contribution in [0.1, 0.15) is 49.1 Å². The molecular formula is C19H26N4O4S. The van der Waals surface area contributed by atoms with Crippen molar-refractivity contribution in [2.75, 3.05) is 19.6 Å². The first-order valence-corrected chi connectivity index (χ1v) is 11.2. The molecule has 9 heteroatoms. The molecule has 152 valence electrons. The Morgan fingerprint density at radius 2 is 2.07 bits per heavy atom. The number of hydrogen-bond acceptors (Lipinski definition) is 7. The second kappa shape index (κ2) is 9.29. The molecule has 0 saturated carbocycles. The van der Waals surface area contributed by atoms with Crippen LogP contribution in [-0.4, -0.2) is 55.0 Å². The molecule has 3 rings (SSSR count). The van der Waals surface area contributed by atoms with Crippen LogP contribution in [0.3, 0.4) is 0 Å². The largest absolute Gasteiger partial charge is 0.348 e. The Balaban J connectivity index is 1.47. The average Bonchev–Trinajstić information content (AvgIpc) is 3.15. The SMILES string of the molecule is C[C@@H]1CCCCN1CCCNC(=O)c1nc(CS(=O)(=O)c2ccccc2)no1. The number of aromatic nitrogens is 2. The Kier molecular flexibility index (Phi) is 6.79. The highest BCUT2D eigenvalue weighted by Crippen LogP contribution is 2.16. The van der Waals surface area contributed by atoms with Crippen molar-refractivity contribution in [2.24, 2.45) is 0 Å². The smallest absolute Gasteiger partial charge is 0.315 e. The van der Waals surface area contributed by atoms with Gasteiger partial charge < -0.3 is 14.7 Å². The summed E-state index contributed by atoms with van der Waals surface area (Å²) in [5.74, 6) is -1.15. The van der Waals surface area contributed by atoms with Crippen molar-refractivity contribution in [3.63, 3.8) is 0 Å². The van der Waals surface area contributed by atoms with Crippen LogP contribution in [0.15, 0.2) is 39.8 Å². The number of nitrogens with one attached hydrogen (secondary N) is 1. The quantitative estimate of drug-likeness (QED) is 0.669. The van der Waals surface area contributed by atoms with Crippen LogP contribution in [-0.2, 0) is 15.6 Å². The van der Waals surface area contributed by atoms with E-state index in [9.17, 15) is 13.2 Å². The first-order chi connectivity index (χ1) is 13.5. The van der Waals surface area contributed by atoms with Gasteiger partial charge in [-0.2, -0.15) is 4.98 Å². The summed E-state index contributed by atoms with van der Waals surface area (Å²) in [5.41, 5.74) is 0. The van der Waals surface area contributed by atoms with E-state index in [4.69, 9.17) is 4.52 Å². The van der Waals surface area contributed by atoms with Crippen LogP contribution in [0, 0.1) is 0 Å². The molecule has 0 aliphatic carbocycles. The van der Waals surface area contributed by atoms with E-state index in [1.165, 1.54) is 31.4 Å². The van der Waals surface area contributed by atoms with Gasteiger partial charge in [-0.15, -0.1) is 0 Å². The minimum atomic E-state index is -3.59. The Morgan fingerprint density at radius 3 is 2.82 bits per heavy atom. The maximum absolute atomic E-state index is 12.3. The first kappa shape index (κ1) is 20.5. The lowest BCUT2D eigenvalue weighted by Crippen LogP contribution is -2.39. The molecule has 1 atom stereocenters. The molecule has 1 saturated heterocycles. The lowest BCUT2D eigenvalue weighted by atomic mass is 10.0. The van der Waals surface area contributed by atoms with Gasteiger partial charge in [0.1, 0.15) is 5.75 Å². The second-order valence-electron chi connectivity index (χ2n) is 7.08. The third-order valence-corrected chi connectivity index (χ3v) is 6.56. The molecule has 1 N–H and O–H groups in total. The van der Waals surface area contributed by atoms with E-state index in [1.54, 1.807) is 18.2 Å². The Bertz CT molecular complexity index is 882. The van der Waals surface area contributed by atoms with Crippen LogP contribution in [0.25, 0.3) is 0 Å². The number of benzene rings is 1. The van der Waals surface area contributed by atoms with Gasteiger partial charge in [-0.25, -0.2) is 8.42 Å². The highest BCUT2D eigenvalue weighted by atomic mass is 32.2. The fourth-order valence-electron chi connectivity index (χ4n) is 3.34. The van der Waals surface area contributed by atoms with E-state index in [-0.39, 0.29) is 16.6 Å². The van der Waals surface area contributed by atoms with Crippen molar-refractivity contribution in [1.82, 2.24) is 20.4 Å². The number of hydrogen-bond donors (Lipinski definition) is 1. The summed E-state index contributed by atoms with van der Waals surface area (Å²) < 4.78 is 29.6. The second-order valence-corrected chi connectivity index (χ2v) is 9.07.